The van der Waals surface area contributed by atoms with Gasteiger partial charge in [0.05, 0.1) is 30.6 Å². The molecule has 0 aromatic heterocycles. The molecule has 228 valence electrons. The molecule has 8 nitrogen and oxygen atoms in total. The Kier molecular flexibility index (Phi) is 8.63. The van der Waals surface area contributed by atoms with Gasteiger partial charge in [-0.2, -0.15) is 0 Å². The first kappa shape index (κ1) is 30.7. The van der Waals surface area contributed by atoms with Gasteiger partial charge in [0, 0.05) is 24.5 Å². The van der Waals surface area contributed by atoms with Crippen LogP contribution in [0, 0.1) is 31.6 Å². The number of benzene rings is 2. The molecule has 5 rings (SSSR count). The summed E-state index contributed by atoms with van der Waals surface area (Å²) in [7, 11) is 0. The number of nitrogens with zero attached hydrogens (tertiary/aromatic N) is 3. The first-order valence-electron chi connectivity index (χ1n) is 15.2. The molecular weight excluding hydrogens is 542 g/mol. The molecular formula is C35H43N3O5. The highest BCUT2D eigenvalue weighted by Gasteiger charge is 2.75. The van der Waals surface area contributed by atoms with Crippen molar-refractivity contribution in [2.24, 2.45) is 17.8 Å². The van der Waals surface area contributed by atoms with Crippen LogP contribution in [0.4, 0.5) is 11.4 Å². The van der Waals surface area contributed by atoms with Crippen LogP contribution in [0.3, 0.4) is 0 Å². The Labute approximate surface area is 254 Å². The second kappa shape index (κ2) is 12.1. The molecule has 43 heavy (non-hydrogen) atoms. The smallest absolute Gasteiger partial charge is 0.253 e. The second-order valence-electron chi connectivity index (χ2n) is 12.4. The summed E-state index contributed by atoms with van der Waals surface area (Å²) < 4.78 is 6.72. The third kappa shape index (κ3) is 5.00. The Bertz CT molecular complexity index is 1410. The summed E-state index contributed by atoms with van der Waals surface area (Å²) in [6.45, 7) is 15.7. The predicted molar refractivity (Wildman–Crippen MR) is 168 cm³/mol. The molecule has 6 atom stereocenters. The van der Waals surface area contributed by atoms with Crippen LogP contribution in [0.25, 0.3) is 0 Å². The average molecular weight is 586 g/mol. The van der Waals surface area contributed by atoms with Crippen LogP contribution in [0.15, 0.2) is 73.8 Å². The quantitative estimate of drug-likeness (QED) is 0.394. The number of aliphatic hydroxyl groups is 1. The second-order valence-corrected chi connectivity index (χ2v) is 12.4. The van der Waals surface area contributed by atoms with E-state index in [2.05, 4.69) is 13.2 Å². The van der Waals surface area contributed by atoms with E-state index in [0.29, 0.717) is 18.5 Å². The largest absolute Gasteiger partial charge is 0.394 e. The fourth-order valence-corrected chi connectivity index (χ4v) is 7.46. The molecule has 2 aromatic rings. The van der Waals surface area contributed by atoms with E-state index in [1.807, 2.05) is 76.2 Å². The number of hydrogen-bond acceptors (Lipinski definition) is 5. The van der Waals surface area contributed by atoms with Crippen LogP contribution < -0.4 is 9.80 Å². The molecule has 2 unspecified atom stereocenters. The highest BCUT2D eigenvalue weighted by Crippen LogP contribution is 2.59. The van der Waals surface area contributed by atoms with Gasteiger partial charge in [0.2, 0.25) is 11.8 Å². The lowest BCUT2D eigenvalue weighted by molar-refractivity contribution is -0.145. The topological polar surface area (TPSA) is 90.4 Å². The van der Waals surface area contributed by atoms with Crippen LogP contribution in [0.2, 0.25) is 0 Å². The van der Waals surface area contributed by atoms with Gasteiger partial charge in [-0.1, -0.05) is 56.3 Å². The molecule has 1 N–H and O–H groups in total. The first-order valence-corrected chi connectivity index (χ1v) is 15.2. The van der Waals surface area contributed by atoms with Gasteiger partial charge in [0.25, 0.3) is 5.91 Å². The maximum absolute atomic E-state index is 14.9. The molecule has 3 amide bonds. The fourth-order valence-electron chi connectivity index (χ4n) is 7.46. The number of anilines is 2. The molecule has 1 spiro atoms. The van der Waals surface area contributed by atoms with Gasteiger partial charge < -0.3 is 24.5 Å². The van der Waals surface area contributed by atoms with Gasteiger partial charge in [-0.05, 0) is 61.9 Å². The maximum atomic E-state index is 14.9. The molecule has 0 saturated carbocycles. The monoisotopic (exact) mass is 585 g/mol. The minimum atomic E-state index is -1.19. The lowest BCUT2D eigenvalue weighted by Gasteiger charge is -2.40. The van der Waals surface area contributed by atoms with E-state index in [1.54, 1.807) is 26.9 Å². The van der Waals surface area contributed by atoms with Crippen molar-refractivity contribution in [3.8, 4) is 0 Å². The molecule has 3 aliphatic rings. The van der Waals surface area contributed by atoms with Crippen LogP contribution in [-0.4, -0.2) is 71.2 Å². The minimum absolute atomic E-state index is 0.138. The van der Waals surface area contributed by atoms with Crippen molar-refractivity contribution in [3.63, 3.8) is 0 Å². The SMILES string of the molecule is C=CCN(C(=O)[C@@H]1[C@H]2C(=O)N([C@@H](CO)C(C)C)C(C(=O)N(CC=C)c3cc(C)ccc3C)C23CC[C@H]1O3)c1ccccc1. The van der Waals surface area contributed by atoms with E-state index in [0.717, 1.165) is 16.8 Å². The van der Waals surface area contributed by atoms with E-state index in [4.69, 9.17) is 4.74 Å². The van der Waals surface area contributed by atoms with Crippen LogP contribution in [0.5, 0.6) is 0 Å². The lowest BCUT2D eigenvalue weighted by atomic mass is 9.70. The molecule has 3 fully saturated rings. The van der Waals surface area contributed by atoms with E-state index >= 15 is 0 Å². The zero-order valence-electron chi connectivity index (χ0n) is 25.6. The number of hydrogen-bond donors (Lipinski definition) is 1. The molecule has 0 radical (unpaired) electrons. The molecule has 2 aromatic carbocycles. The van der Waals surface area contributed by atoms with Gasteiger partial charge in [0.1, 0.15) is 11.6 Å². The number of rotatable bonds is 11. The van der Waals surface area contributed by atoms with Crippen molar-refractivity contribution in [1.82, 2.24) is 4.90 Å². The van der Waals surface area contributed by atoms with Crippen LogP contribution >= 0.6 is 0 Å². The third-order valence-electron chi connectivity index (χ3n) is 9.45. The lowest BCUT2D eigenvalue weighted by Crippen LogP contribution is -2.60. The number of fused-ring (bicyclic) bond motifs is 1. The van der Waals surface area contributed by atoms with Gasteiger partial charge >= 0.3 is 0 Å². The fraction of sp³-hybridized carbons (Fsp3) is 0.457. The number of aliphatic hydroxyl groups excluding tert-OH is 1. The van der Waals surface area contributed by atoms with E-state index in [1.165, 1.54) is 0 Å². The zero-order valence-corrected chi connectivity index (χ0v) is 25.6. The minimum Gasteiger partial charge on any atom is -0.394 e. The Morgan fingerprint density at radius 2 is 1.74 bits per heavy atom. The summed E-state index contributed by atoms with van der Waals surface area (Å²) in [5, 5.41) is 10.6. The highest BCUT2D eigenvalue weighted by atomic mass is 16.5. The third-order valence-corrected chi connectivity index (χ3v) is 9.45. The Morgan fingerprint density at radius 1 is 1.07 bits per heavy atom. The highest BCUT2D eigenvalue weighted by molar-refractivity contribution is 6.07. The van der Waals surface area contributed by atoms with Crippen molar-refractivity contribution in [2.75, 3.05) is 29.5 Å². The number of likely N-dealkylation sites (tertiary alicyclic amines) is 1. The maximum Gasteiger partial charge on any atom is 0.253 e. The summed E-state index contributed by atoms with van der Waals surface area (Å²) in [4.78, 5) is 48.7. The van der Waals surface area contributed by atoms with E-state index in [9.17, 15) is 19.5 Å². The Balaban J connectivity index is 1.62. The molecule has 3 aliphatic heterocycles. The van der Waals surface area contributed by atoms with E-state index in [-0.39, 0.29) is 43.3 Å². The molecule has 3 saturated heterocycles. The summed E-state index contributed by atoms with van der Waals surface area (Å²) in [6.07, 6.45) is 3.89. The number of amides is 3. The van der Waals surface area contributed by atoms with Gasteiger partial charge in [-0.15, -0.1) is 13.2 Å². The van der Waals surface area contributed by atoms with Gasteiger partial charge in [-0.25, -0.2) is 0 Å². The van der Waals surface area contributed by atoms with Crippen molar-refractivity contribution >= 4 is 29.1 Å². The number of ether oxygens (including phenoxy) is 1. The summed E-state index contributed by atoms with van der Waals surface area (Å²) in [6, 6.07) is 13.6. The van der Waals surface area contributed by atoms with Crippen molar-refractivity contribution in [2.45, 2.75) is 64.3 Å². The average Bonchev–Trinajstić information content (AvgIpc) is 3.64. The number of carbonyl (C=O) groups is 3. The van der Waals surface area contributed by atoms with Crippen molar-refractivity contribution in [3.05, 3.63) is 85.0 Å². The predicted octanol–water partition coefficient (Wildman–Crippen LogP) is 4.43. The Morgan fingerprint density at radius 3 is 2.37 bits per heavy atom. The number of para-hydroxylation sites is 1. The number of carbonyl (C=O) groups excluding carboxylic acids is 3. The van der Waals surface area contributed by atoms with Crippen LogP contribution in [0.1, 0.15) is 37.8 Å². The molecule has 0 aliphatic carbocycles. The zero-order chi connectivity index (χ0) is 31.1. The van der Waals surface area contributed by atoms with Crippen LogP contribution in [-0.2, 0) is 19.1 Å². The summed E-state index contributed by atoms with van der Waals surface area (Å²) in [5.41, 5.74) is 2.18. The van der Waals surface area contributed by atoms with Crippen molar-refractivity contribution in [1.29, 1.82) is 0 Å². The molecule has 8 heteroatoms. The summed E-state index contributed by atoms with van der Waals surface area (Å²) in [5.74, 6) is -2.56. The van der Waals surface area contributed by atoms with Gasteiger partial charge in [-0.3, -0.25) is 14.4 Å². The normalized spacial score (nSPS) is 26.4. The molecule has 3 heterocycles. The van der Waals surface area contributed by atoms with E-state index < -0.39 is 35.6 Å². The van der Waals surface area contributed by atoms with Crippen molar-refractivity contribution < 1.29 is 24.2 Å². The standard InChI is InChI=1S/C35H43N3O5/c1-7-18-36(25-12-10-9-11-13-25)32(40)29-28-16-17-35(43-28)30(29)33(41)38(27(21-39)22(3)4)31(35)34(42)37(19-8-2)26-20-23(5)14-15-24(26)6/h7-15,20,22,27-31,39H,1-2,16-19,21H2,3-6H3/t27-,28+,29-,30-,31?,35?/m0/s1. The summed E-state index contributed by atoms with van der Waals surface area (Å²) >= 11 is 0. The first-order chi connectivity index (χ1) is 20.6. The van der Waals surface area contributed by atoms with Gasteiger partial charge in [0.15, 0.2) is 0 Å². The Hall–Kier alpha value is -3.75. The molecule has 2 bridgehead atoms. The number of aryl methyl sites for hydroxylation is 2.